The Kier molecular flexibility index (Phi) is 1.83. The highest BCUT2D eigenvalue weighted by Gasteiger charge is 2.29. The number of nitrogens with zero attached hydrogens (tertiary/aromatic N) is 1. The molecule has 1 atom stereocenters. The van der Waals surface area contributed by atoms with Crippen LogP contribution in [0.25, 0.3) is 0 Å². The molecule has 0 amide bonds. The van der Waals surface area contributed by atoms with Crippen LogP contribution in [0.4, 0.5) is 0 Å². The Bertz CT molecular complexity index is 343. The first kappa shape index (κ1) is 8.29. The van der Waals surface area contributed by atoms with E-state index in [9.17, 15) is 4.79 Å². The Morgan fingerprint density at radius 2 is 2.46 bits per heavy atom. The van der Waals surface area contributed by atoms with E-state index in [1.165, 1.54) is 0 Å². The maximum absolute atomic E-state index is 10.9. The van der Waals surface area contributed by atoms with Crippen molar-refractivity contribution in [1.82, 2.24) is 10.2 Å². The summed E-state index contributed by atoms with van der Waals surface area (Å²) in [6.45, 7) is 1.88. The summed E-state index contributed by atoms with van der Waals surface area (Å²) in [7, 11) is 0. The van der Waals surface area contributed by atoms with Gasteiger partial charge in [0.2, 0.25) is 0 Å². The van der Waals surface area contributed by atoms with Crippen LogP contribution in [0.5, 0.6) is 0 Å². The van der Waals surface area contributed by atoms with Gasteiger partial charge in [-0.25, -0.2) is 0 Å². The molecule has 0 aromatic carbocycles. The van der Waals surface area contributed by atoms with Crippen molar-refractivity contribution >= 4 is 5.97 Å². The van der Waals surface area contributed by atoms with Crippen LogP contribution in [-0.4, -0.2) is 21.3 Å². The van der Waals surface area contributed by atoms with E-state index in [-0.39, 0.29) is 5.92 Å². The molecule has 0 bridgehead atoms. The van der Waals surface area contributed by atoms with E-state index in [0.29, 0.717) is 0 Å². The van der Waals surface area contributed by atoms with Gasteiger partial charge in [-0.1, -0.05) is 0 Å². The molecule has 1 aliphatic rings. The lowest BCUT2D eigenvalue weighted by Gasteiger charge is -2.18. The Labute approximate surface area is 76.0 Å². The van der Waals surface area contributed by atoms with Gasteiger partial charge in [-0.15, -0.1) is 0 Å². The van der Waals surface area contributed by atoms with Crippen LogP contribution >= 0.6 is 0 Å². The van der Waals surface area contributed by atoms with E-state index in [0.717, 1.165) is 36.2 Å². The summed E-state index contributed by atoms with van der Waals surface area (Å²) >= 11 is 0. The topological polar surface area (TPSA) is 66.0 Å². The van der Waals surface area contributed by atoms with Crippen LogP contribution in [0.2, 0.25) is 0 Å². The minimum Gasteiger partial charge on any atom is -0.481 e. The molecular weight excluding hydrogens is 168 g/mol. The number of aromatic amines is 1. The van der Waals surface area contributed by atoms with Crippen LogP contribution in [0.15, 0.2) is 0 Å². The van der Waals surface area contributed by atoms with Crippen LogP contribution in [0.3, 0.4) is 0 Å². The Morgan fingerprint density at radius 1 is 1.69 bits per heavy atom. The third-order valence-electron chi connectivity index (χ3n) is 2.63. The van der Waals surface area contributed by atoms with Crippen molar-refractivity contribution in [2.45, 2.75) is 32.1 Å². The number of aliphatic carboxylic acids is 1. The minimum absolute atomic E-state index is 0.345. The normalized spacial score (nSPS) is 21.2. The summed E-state index contributed by atoms with van der Waals surface area (Å²) in [5, 5.41) is 15.9. The van der Waals surface area contributed by atoms with Gasteiger partial charge in [0, 0.05) is 11.3 Å². The molecule has 1 aromatic rings. The lowest BCUT2D eigenvalue weighted by molar-refractivity contribution is -0.139. The van der Waals surface area contributed by atoms with E-state index in [1.54, 1.807) is 0 Å². The van der Waals surface area contributed by atoms with Gasteiger partial charge in [-0.3, -0.25) is 9.89 Å². The van der Waals surface area contributed by atoms with E-state index in [1.807, 2.05) is 6.92 Å². The van der Waals surface area contributed by atoms with Gasteiger partial charge < -0.3 is 5.11 Å². The van der Waals surface area contributed by atoms with Gasteiger partial charge in [0.25, 0.3) is 0 Å². The number of rotatable bonds is 1. The quantitative estimate of drug-likeness (QED) is 0.683. The Balaban J connectivity index is 2.46. The standard InChI is InChI=1S/C9H12N2O2/c1-5-8-6(9(12)13)3-2-4-7(8)11-10-5/h6H,2-4H2,1H3,(H,10,11)(H,12,13)/t6-/m1/s1. The molecule has 70 valence electrons. The number of carboxylic acids is 1. The van der Waals surface area contributed by atoms with E-state index < -0.39 is 5.97 Å². The molecule has 1 aromatic heterocycles. The third-order valence-corrected chi connectivity index (χ3v) is 2.63. The van der Waals surface area contributed by atoms with Crippen molar-refractivity contribution in [3.05, 3.63) is 17.0 Å². The first-order valence-corrected chi connectivity index (χ1v) is 4.46. The third kappa shape index (κ3) is 1.22. The average molecular weight is 180 g/mol. The summed E-state index contributed by atoms with van der Waals surface area (Å²) in [5.41, 5.74) is 2.76. The molecule has 2 N–H and O–H groups in total. The smallest absolute Gasteiger partial charge is 0.311 e. The number of hydrogen-bond donors (Lipinski definition) is 2. The molecule has 0 radical (unpaired) electrons. The summed E-state index contributed by atoms with van der Waals surface area (Å²) in [6, 6.07) is 0. The minimum atomic E-state index is -0.731. The Morgan fingerprint density at radius 3 is 3.15 bits per heavy atom. The van der Waals surface area contributed by atoms with Crippen molar-refractivity contribution < 1.29 is 9.90 Å². The molecule has 13 heavy (non-hydrogen) atoms. The van der Waals surface area contributed by atoms with Gasteiger partial charge in [-0.2, -0.15) is 5.10 Å². The molecule has 1 heterocycles. The summed E-state index contributed by atoms with van der Waals surface area (Å²) in [4.78, 5) is 10.9. The van der Waals surface area contributed by atoms with Crippen LogP contribution < -0.4 is 0 Å². The molecule has 0 unspecified atom stereocenters. The predicted octanol–water partition coefficient (Wildman–Crippen LogP) is 1.22. The lowest BCUT2D eigenvalue weighted by Crippen LogP contribution is -2.17. The van der Waals surface area contributed by atoms with Gasteiger partial charge in [0.1, 0.15) is 0 Å². The lowest BCUT2D eigenvalue weighted by atomic mass is 9.85. The van der Waals surface area contributed by atoms with Gasteiger partial charge in [0.15, 0.2) is 0 Å². The number of nitrogens with one attached hydrogen (secondary N) is 1. The first-order valence-electron chi connectivity index (χ1n) is 4.46. The number of H-pyrrole nitrogens is 1. The summed E-state index contributed by atoms with van der Waals surface area (Å²) in [6.07, 6.45) is 2.57. The summed E-state index contributed by atoms with van der Waals surface area (Å²) in [5.74, 6) is -1.08. The Hall–Kier alpha value is -1.32. The maximum atomic E-state index is 10.9. The second-order valence-electron chi connectivity index (χ2n) is 3.49. The molecule has 0 aliphatic heterocycles. The van der Waals surface area contributed by atoms with Crippen LogP contribution in [0.1, 0.15) is 35.7 Å². The number of aryl methyl sites for hydroxylation is 2. The molecule has 0 saturated heterocycles. The van der Waals surface area contributed by atoms with Gasteiger partial charge >= 0.3 is 5.97 Å². The summed E-state index contributed by atoms with van der Waals surface area (Å²) < 4.78 is 0. The largest absolute Gasteiger partial charge is 0.481 e. The fraction of sp³-hybridized carbons (Fsp3) is 0.556. The molecule has 4 nitrogen and oxygen atoms in total. The zero-order chi connectivity index (χ0) is 9.42. The molecule has 0 spiro atoms. The molecule has 0 saturated carbocycles. The van der Waals surface area contributed by atoms with Crippen molar-refractivity contribution in [3.8, 4) is 0 Å². The number of hydrogen-bond acceptors (Lipinski definition) is 2. The molecular formula is C9H12N2O2. The van der Waals surface area contributed by atoms with Crippen LogP contribution in [0, 0.1) is 6.92 Å². The highest BCUT2D eigenvalue weighted by Crippen LogP contribution is 2.32. The number of carbonyl (C=O) groups is 1. The van der Waals surface area contributed by atoms with E-state index in [4.69, 9.17) is 5.11 Å². The second-order valence-corrected chi connectivity index (χ2v) is 3.49. The van der Waals surface area contributed by atoms with E-state index >= 15 is 0 Å². The molecule has 2 rings (SSSR count). The van der Waals surface area contributed by atoms with E-state index in [2.05, 4.69) is 10.2 Å². The fourth-order valence-corrected chi connectivity index (χ4v) is 2.01. The fourth-order valence-electron chi connectivity index (χ4n) is 2.01. The maximum Gasteiger partial charge on any atom is 0.311 e. The average Bonchev–Trinajstić information content (AvgIpc) is 2.48. The highest BCUT2D eigenvalue weighted by molar-refractivity contribution is 5.77. The highest BCUT2D eigenvalue weighted by atomic mass is 16.4. The van der Waals surface area contributed by atoms with Crippen molar-refractivity contribution in [2.24, 2.45) is 0 Å². The van der Waals surface area contributed by atoms with Crippen molar-refractivity contribution in [1.29, 1.82) is 0 Å². The zero-order valence-electron chi connectivity index (χ0n) is 7.50. The molecule has 1 aliphatic carbocycles. The second kappa shape index (κ2) is 2.87. The number of aromatic nitrogens is 2. The first-order chi connectivity index (χ1) is 6.20. The number of fused-ring (bicyclic) bond motifs is 1. The van der Waals surface area contributed by atoms with Crippen molar-refractivity contribution in [2.75, 3.05) is 0 Å². The molecule has 4 heteroatoms. The van der Waals surface area contributed by atoms with Crippen LogP contribution in [-0.2, 0) is 11.2 Å². The monoisotopic (exact) mass is 180 g/mol. The number of carboxylic acid groups (broad SMARTS) is 1. The zero-order valence-corrected chi connectivity index (χ0v) is 7.50. The van der Waals surface area contributed by atoms with Gasteiger partial charge in [0.05, 0.1) is 11.6 Å². The predicted molar refractivity (Wildman–Crippen MR) is 46.6 cm³/mol. The SMILES string of the molecule is Cc1[nH]nc2c1[C@H](C(=O)O)CCC2. The van der Waals surface area contributed by atoms with Gasteiger partial charge in [-0.05, 0) is 26.2 Å². The van der Waals surface area contributed by atoms with Crippen molar-refractivity contribution in [3.63, 3.8) is 0 Å². The molecule has 0 fully saturated rings.